The standard InChI is InChI=1S/C33H39N3O3S/c1-8-32(4,5)39-31(37)33(6,7)40-29-16-14-26(15-17-29)21-35(22-28-13-10-18-38-28)23-30-25(3)20-36(34-30)27-12-9-11-24(2)19-27/h8-20H,1,21-23H2,2-7H3. The highest BCUT2D eigenvalue weighted by Crippen LogP contribution is 2.35. The summed E-state index contributed by atoms with van der Waals surface area (Å²) in [6.07, 6.45) is 5.44. The molecule has 40 heavy (non-hydrogen) atoms. The van der Waals surface area contributed by atoms with Crippen molar-refractivity contribution in [2.24, 2.45) is 0 Å². The monoisotopic (exact) mass is 557 g/mol. The summed E-state index contributed by atoms with van der Waals surface area (Å²) in [5.74, 6) is 0.641. The molecule has 0 atom stereocenters. The first-order valence-corrected chi connectivity index (χ1v) is 14.3. The lowest BCUT2D eigenvalue weighted by Gasteiger charge is -2.28. The van der Waals surface area contributed by atoms with Gasteiger partial charge >= 0.3 is 5.97 Å². The van der Waals surface area contributed by atoms with Gasteiger partial charge in [-0.25, -0.2) is 4.68 Å². The second-order valence-electron chi connectivity index (χ2n) is 11.2. The molecule has 0 bridgehead atoms. The average Bonchev–Trinajstić information content (AvgIpc) is 3.54. The van der Waals surface area contributed by atoms with Crippen molar-refractivity contribution < 1.29 is 13.9 Å². The number of carbonyl (C=O) groups is 1. The van der Waals surface area contributed by atoms with Crippen LogP contribution in [0.2, 0.25) is 0 Å². The fourth-order valence-corrected chi connectivity index (χ4v) is 5.20. The van der Waals surface area contributed by atoms with E-state index in [0.717, 1.165) is 34.1 Å². The Balaban J connectivity index is 1.48. The number of thioether (sulfide) groups is 1. The zero-order chi connectivity index (χ0) is 28.9. The predicted octanol–water partition coefficient (Wildman–Crippen LogP) is 7.66. The number of furan rings is 1. The van der Waals surface area contributed by atoms with Gasteiger partial charge in [0.2, 0.25) is 0 Å². The van der Waals surface area contributed by atoms with Gasteiger partial charge in [-0.3, -0.25) is 9.69 Å². The van der Waals surface area contributed by atoms with Crippen LogP contribution in [0.1, 0.15) is 55.8 Å². The van der Waals surface area contributed by atoms with Crippen molar-refractivity contribution in [3.05, 3.63) is 114 Å². The summed E-state index contributed by atoms with van der Waals surface area (Å²) in [6.45, 7) is 17.5. The summed E-state index contributed by atoms with van der Waals surface area (Å²) in [6, 6.07) is 20.6. The minimum atomic E-state index is -0.735. The third-order valence-electron chi connectivity index (χ3n) is 6.64. The summed E-state index contributed by atoms with van der Waals surface area (Å²) in [4.78, 5) is 16.1. The van der Waals surface area contributed by atoms with Crippen LogP contribution >= 0.6 is 11.8 Å². The van der Waals surface area contributed by atoms with Crippen LogP contribution in [-0.4, -0.2) is 31.0 Å². The number of hydrogen-bond acceptors (Lipinski definition) is 6. The van der Waals surface area contributed by atoms with E-state index in [2.05, 4.69) is 80.1 Å². The van der Waals surface area contributed by atoms with E-state index in [1.165, 1.54) is 22.9 Å². The van der Waals surface area contributed by atoms with Crippen LogP contribution in [0, 0.1) is 13.8 Å². The van der Waals surface area contributed by atoms with Crippen LogP contribution in [0.5, 0.6) is 0 Å². The van der Waals surface area contributed by atoms with Crippen LogP contribution < -0.4 is 0 Å². The molecule has 0 fully saturated rings. The van der Waals surface area contributed by atoms with Gasteiger partial charge in [-0.05, 0) is 101 Å². The van der Waals surface area contributed by atoms with E-state index >= 15 is 0 Å². The minimum Gasteiger partial charge on any atom is -0.468 e. The molecule has 4 rings (SSSR count). The van der Waals surface area contributed by atoms with Crippen LogP contribution in [0.4, 0.5) is 0 Å². The van der Waals surface area contributed by atoms with Crippen molar-refractivity contribution >= 4 is 17.7 Å². The first-order chi connectivity index (χ1) is 18.9. The molecule has 0 unspecified atom stereocenters. The SMILES string of the molecule is C=CC(C)(C)OC(=O)C(C)(C)Sc1ccc(CN(Cc2ccco2)Cc2nn(-c3cccc(C)c3)cc2C)cc1. The van der Waals surface area contributed by atoms with E-state index in [-0.39, 0.29) is 5.97 Å². The van der Waals surface area contributed by atoms with Crippen LogP contribution in [0.3, 0.4) is 0 Å². The number of rotatable bonds is 12. The fraction of sp³-hybridized carbons (Fsp3) is 0.333. The van der Waals surface area contributed by atoms with Crippen molar-refractivity contribution in [2.45, 2.75) is 76.4 Å². The molecule has 0 saturated heterocycles. The first kappa shape index (κ1) is 29.4. The fourth-order valence-electron chi connectivity index (χ4n) is 4.22. The third-order valence-corrected chi connectivity index (χ3v) is 7.82. The molecule has 0 spiro atoms. The molecule has 2 heterocycles. The zero-order valence-corrected chi connectivity index (χ0v) is 25.1. The average molecular weight is 558 g/mol. The maximum absolute atomic E-state index is 12.8. The Kier molecular flexibility index (Phi) is 9.06. The molecule has 6 nitrogen and oxygen atoms in total. The number of benzene rings is 2. The minimum absolute atomic E-state index is 0.267. The van der Waals surface area contributed by atoms with Crippen LogP contribution in [0.25, 0.3) is 5.69 Å². The molecular weight excluding hydrogens is 518 g/mol. The van der Waals surface area contributed by atoms with Gasteiger partial charge in [0.05, 0.1) is 24.2 Å². The molecule has 0 aliphatic heterocycles. The summed E-state index contributed by atoms with van der Waals surface area (Å²) < 4.78 is 12.5. The predicted molar refractivity (Wildman–Crippen MR) is 161 cm³/mol. The molecule has 0 aliphatic carbocycles. The van der Waals surface area contributed by atoms with E-state index in [1.54, 1.807) is 12.3 Å². The maximum atomic E-state index is 12.8. The highest BCUT2D eigenvalue weighted by molar-refractivity contribution is 8.01. The number of nitrogens with zero attached hydrogens (tertiary/aromatic N) is 3. The third kappa shape index (κ3) is 7.77. The highest BCUT2D eigenvalue weighted by atomic mass is 32.2. The Bertz CT molecular complexity index is 1440. The number of ether oxygens (including phenoxy) is 1. The van der Waals surface area contributed by atoms with Gasteiger partial charge in [0.25, 0.3) is 0 Å². The van der Waals surface area contributed by atoms with Gasteiger partial charge in [0, 0.05) is 24.2 Å². The smallest absolute Gasteiger partial charge is 0.322 e. The number of aryl methyl sites for hydroxylation is 2. The topological polar surface area (TPSA) is 60.5 Å². The van der Waals surface area contributed by atoms with Crippen molar-refractivity contribution in [1.29, 1.82) is 0 Å². The Morgan fingerprint density at radius 1 is 1.05 bits per heavy atom. The second-order valence-corrected chi connectivity index (χ2v) is 12.9. The van der Waals surface area contributed by atoms with Crippen molar-refractivity contribution in [3.8, 4) is 5.69 Å². The summed E-state index contributed by atoms with van der Waals surface area (Å²) in [5.41, 5.74) is 4.90. The number of esters is 1. The van der Waals surface area contributed by atoms with Gasteiger partial charge in [-0.2, -0.15) is 5.10 Å². The lowest BCUT2D eigenvalue weighted by atomic mass is 10.1. The Hall–Kier alpha value is -3.55. The summed E-state index contributed by atoms with van der Waals surface area (Å²) in [7, 11) is 0. The molecule has 0 amide bonds. The van der Waals surface area contributed by atoms with Crippen molar-refractivity contribution in [1.82, 2.24) is 14.7 Å². The molecule has 7 heteroatoms. The number of hydrogen-bond donors (Lipinski definition) is 0. The van der Waals surface area contributed by atoms with Gasteiger partial charge < -0.3 is 9.15 Å². The summed E-state index contributed by atoms with van der Waals surface area (Å²) >= 11 is 1.49. The van der Waals surface area contributed by atoms with Gasteiger partial charge in [-0.1, -0.05) is 30.8 Å². The zero-order valence-electron chi connectivity index (χ0n) is 24.3. The van der Waals surface area contributed by atoms with Gasteiger partial charge in [0.1, 0.15) is 16.1 Å². The quantitative estimate of drug-likeness (QED) is 0.101. The molecule has 4 aromatic rings. The van der Waals surface area contributed by atoms with Crippen molar-refractivity contribution in [3.63, 3.8) is 0 Å². The molecule has 210 valence electrons. The molecule has 0 saturated carbocycles. The lowest BCUT2D eigenvalue weighted by Crippen LogP contribution is -2.36. The Morgan fingerprint density at radius 2 is 1.80 bits per heavy atom. The van der Waals surface area contributed by atoms with Crippen LogP contribution in [-0.2, 0) is 29.2 Å². The van der Waals surface area contributed by atoms with E-state index in [1.807, 2.05) is 44.5 Å². The van der Waals surface area contributed by atoms with E-state index in [0.29, 0.717) is 13.1 Å². The summed E-state index contributed by atoms with van der Waals surface area (Å²) in [5, 5.41) is 4.93. The van der Waals surface area contributed by atoms with Crippen molar-refractivity contribution in [2.75, 3.05) is 0 Å². The van der Waals surface area contributed by atoms with E-state index in [4.69, 9.17) is 14.3 Å². The Labute approximate surface area is 242 Å². The Morgan fingerprint density at radius 3 is 2.45 bits per heavy atom. The van der Waals surface area contributed by atoms with Crippen LogP contribution in [0.15, 0.2) is 95.1 Å². The largest absolute Gasteiger partial charge is 0.468 e. The normalized spacial score (nSPS) is 12.1. The highest BCUT2D eigenvalue weighted by Gasteiger charge is 2.34. The van der Waals surface area contributed by atoms with E-state index in [9.17, 15) is 4.79 Å². The first-order valence-electron chi connectivity index (χ1n) is 13.5. The number of carbonyl (C=O) groups excluding carboxylic acids is 1. The van der Waals surface area contributed by atoms with E-state index < -0.39 is 10.3 Å². The lowest BCUT2D eigenvalue weighted by molar-refractivity contribution is -0.154. The number of aromatic nitrogens is 2. The molecule has 2 aromatic heterocycles. The molecule has 2 aromatic carbocycles. The molecule has 0 N–H and O–H groups in total. The molecular formula is C33H39N3O3S. The maximum Gasteiger partial charge on any atom is 0.322 e. The second kappa shape index (κ2) is 12.3. The molecule has 0 radical (unpaired) electrons. The molecule has 0 aliphatic rings. The van der Waals surface area contributed by atoms with Gasteiger partial charge in [0.15, 0.2) is 0 Å². The van der Waals surface area contributed by atoms with Gasteiger partial charge in [-0.15, -0.1) is 11.8 Å².